The summed E-state index contributed by atoms with van der Waals surface area (Å²) in [5.41, 5.74) is 0.630. The Morgan fingerprint density at radius 1 is 1.28 bits per heavy atom. The summed E-state index contributed by atoms with van der Waals surface area (Å²) in [5, 5.41) is 13.1. The van der Waals surface area contributed by atoms with E-state index in [0.29, 0.717) is 29.9 Å². The van der Waals surface area contributed by atoms with Crippen LogP contribution < -0.4 is 10.1 Å². The van der Waals surface area contributed by atoms with Crippen molar-refractivity contribution in [3.05, 3.63) is 42.2 Å². The van der Waals surface area contributed by atoms with Crippen molar-refractivity contribution in [3.63, 3.8) is 0 Å². The molecule has 1 aliphatic carbocycles. The lowest BCUT2D eigenvalue weighted by Crippen LogP contribution is -2.39. The van der Waals surface area contributed by atoms with Crippen LogP contribution in [-0.2, 0) is 9.59 Å². The molecule has 1 aliphatic rings. The number of carbonyl (C=O) groups is 2. The Labute approximate surface area is 145 Å². The monoisotopic (exact) mass is 343 g/mol. The SMILES string of the molecule is COc1cccc2cc(C(C)NC(=O)C3CC=CCC3C(=O)O)oc12. The molecule has 132 valence electrons. The first-order valence-corrected chi connectivity index (χ1v) is 8.26. The zero-order chi connectivity index (χ0) is 18.0. The number of ether oxygens (including phenoxy) is 1. The fourth-order valence-corrected chi connectivity index (χ4v) is 3.20. The van der Waals surface area contributed by atoms with Crippen molar-refractivity contribution < 1.29 is 23.8 Å². The molecule has 1 amide bonds. The minimum Gasteiger partial charge on any atom is -0.493 e. The highest BCUT2D eigenvalue weighted by Gasteiger charge is 2.34. The summed E-state index contributed by atoms with van der Waals surface area (Å²) in [6, 6.07) is 7.08. The number of rotatable bonds is 5. The second-order valence-electron chi connectivity index (χ2n) is 6.25. The van der Waals surface area contributed by atoms with Gasteiger partial charge in [-0.2, -0.15) is 0 Å². The zero-order valence-electron chi connectivity index (χ0n) is 14.2. The third kappa shape index (κ3) is 3.38. The highest BCUT2D eigenvalue weighted by molar-refractivity contribution is 5.86. The maximum atomic E-state index is 12.6. The van der Waals surface area contributed by atoms with Crippen molar-refractivity contribution in [1.29, 1.82) is 0 Å². The number of fused-ring (bicyclic) bond motifs is 1. The number of methoxy groups -OCH3 is 1. The number of furan rings is 1. The molecule has 2 N–H and O–H groups in total. The average Bonchev–Trinajstić information content (AvgIpc) is 3.06. The first-order valence-electron chi connectivity index (χ1n) is 8.26. The van der Waals surface area contributed by atoms with Gasteiger partial charge in [-0.15, -0.1) is 0 Å². The van der Waals surface area contributed by atoms with Gasteiger partial charge in [0.2, 0.25) is 5.91 Å². The molecular weight excluding hydrogens is 322 g/mol. The van der Waals surface area contributed by atoms with Crippen LogP contribution in [0.25, 0.3) is 11.0 Å². The van der Waals surface area contributed by atoms with Crippen molar-refractivity contribution >= 4 is 22.8 Å². The highest BCUT2D eigenvalue weighted by Crippen LogP contribution is 2.32. The smallest absolute Gasteiger partial charge is 0.307 e. The molecule has 6 heteroatoms. The van der Waals surface area contributed by atoms with E-state index in [2.05, 4.69) is 5.32 Å². The standard InChI is InChI=1S/C19H21NO5/c1-11(16-10-12-6-5-9-15(24-2)17(12)25-16)20-18(21)13-7-3-4-8-14(13)19(22)23/h3-6,9-11,13-14H,7-8H2,1-2H3,(H,20,21)(H,22,23). The minimum atomic E-state index is -0.939. The Balaban J connectivity index is 1.77. The zero-order valence-corrected chi connectivity index (χ0v) is 14.2. The number of nitrogens with one attached hydrogen (secondary N) is 1. The van der Waals surface area contributed by atoms with Crippen LogP contribution in [0.15, 0.2) is 40.8 Å². The number of allylic oxidation sites excluding steroid dienone is 2. The molecule has 0 aliphatic heterocycles. The fourth-order valence-electron chi connectivity index (χ4n) is 3.20. The number of amides is 1. The van der Waals surface area contributed by atoms with Crippen LogP contribution in [0, 0.1) is 11.8 Å². The van der Waals surface area contributed by atoms with Gasteiger partial charge in [0.05, 0.1) is 25.0 Å². The van der Waals surface area contributed by atoms with Gasteiger partial charge in [-0.1, -0.05) is 24.3 Å². The predicted molar refractivity (Wildman–Crippen MR) is 92.3 cm³/mol. The van der Waals surface area contributed by atoms with E-state index in [1.54, 1.807) is 7.11 Å². The molecule has 1 heterocycles. The van der Waals surface area contributed by atoms with Gasteiger partial charge in [-0.25, -0.2) is 0 Å². The third-order valence-electron chi connectivity index (χ3n) is 4.62. The number of carbonyl (C=O) groups excluding carboxylic acids is 1. The van der Waals surface area contributed by atoms with Crippen molar-refractivity contribution in [2.75, 3.05) is 7.11 Å². The Morgan fingerprint density at radius 3 is 2.68 bits per heavy atom. The highest BCUT2D eigenvalue weighted by atomic mass is 16.5. The molecule has 6 nitrogen and oxygen atoms in total. The van der Waals surface area contributed by atoms with E-state index >= 15 is 0 Å². The number of benzene rings is 1. The lowest BCUT2D eigenvalue weighted by atomic mass is 9.82. The Kier molecular flexibility index (Phi) is 4.79. The van der Waals surface area contributed by atoms with Crippen LogP contribution in [0.2, 0.25) is 0 Å². The molecule has 2 aromatic rings. The maximum Gasteiger partial charge on any atom is 0.307 e. The van der Waals surface area contributed by atoms with Crippen LogP contribution in [0.4, 0.5) is 0 Å². The molecule has 0 saturated carbocycles. The van der Waals surface area contributed by atoms with Crippen LogP contribution in [0.3, 0.4) is 0 Å². The molecular formula is C19H21NO5. The van der Waals surface area contributed by atoms with Crippen LogP contribution >= 0.6 is 0 Å². The maximum absolute atomic E-state index is 12.6. The average molecular weight is 343 g/mol. The van der Waals surface area contributed by atoms with Gasteiger partial charge in [0, 0.05) is 5.39 Å². The molecule has 1 aromatic heterocycles. The quantitative estimate of drug-likeness (QED) is 0.813. The summed E-state index contributed by atoms with van der Waals surface area (Å²) in [5.74, 6) is -1.23. The summed E-state index contributed by atoms with van der Waals surface area (Å²) in [6.45, 7) is 1.82. The topological polar surface area (TPSA) is 88.8 Å². The summed E-state index contributed by atoms with van der Waals surface area (Å²) in [7, 11) is 1.57. The molecule has 3 rings (SSSR count). The molecule has 1 aromatic carbocycles. The Bertz CT molecular complexity index is 822. The molecule has 0 bridgehead atoms. The van der Waals surface area contributed by atoms with Gasteiger partial charge in [0.25, 0.3) is 0 Å². The van der Waals surface area contributed by atoms with Gasteiger partial charge >= 0.3 is 5.97 Å². The lowest BCUT2D eigenvalue weighted by molar-refractivity contribution is -0.147. The van der Waals surface area contributed by atoms with Gasteiger partial charge in [-0.05, 0) is 31.9 Å². The van der Waals surface area contributed by atoms with Gasteiger partial charge < -0.3 is 19.6 Å². The van der Waals surface area contributed by atoms with E-state index in [9.17, 15) is 14.7 Å². The summed E-state index contributed by atoms with van der Waals surface area (Å²) in [4.78, 5) is 23.9. The largest absolute Gasteiger partial charge is 0.493 e. The molecule has 0 spiro atoms. The first kappa shape index (κ1) is 17.1. The Hall–Kier alpha value is -2.76. The van der Waals surface area contributed by atoms with Crippen molar-refractivity contribution in [1.82, 2.24) is 5.32 Å². The number of hydrogen-bond acceptors (Lipinski definition) is 4. The van der Waals surface area contributed by atoms with E-state index in [-0.39, 0.29) is 11.9 Å². The van der Waals surface area contributed by atoms with Crippen molar-refractivity contribution in [3.8, 4) is 5.75 Å². The number of carboxylic acid groups (broad SMARTS) is 1. The lowest BCUT2D eigenvalue weighted by Gasteiger charge is -2.25. The summed E-state index contributed by atoms with van der Waals surface area (Å²) in [6.07, 6.45) is 4.49. The molecule has 0 radical (unpaired) electrons. The third-order valence-corrected chi connectivity index (χ3v) is 4.62. The molecule has 0 fully saturated rings. The van der Waals surface area contributed by atoms with Crippen LogP contribution in [0.5, 0.6) is 5.75 Å². The van der Waals surface area contributed by atoms with E-state index in [1.807, 2.05) is 43.3 Å². The second kappa shape index (κ2) is 7.01. The van der Waals surface area contributed by atoms with Crippen LogP contribution in [-0.4, -0.2) is 24.1 Å². The van der Waals surface area contributed by atoms with Gasteiger partial charge in [-0.3, -0.25) is 9.59 Å². The van der Waals surface area contributed by atoms with E-state index in [1.165, 1.54) is 0 Å². The van der Waals surface area contributed by atoms with E-state index < -0.39 is 17.8 Å². The summed E-state index contributed by atoms with van der Waals surface area (Å²) < 4.78 is 11.1. The number of para-hydroxylation sites is 1. The fraction of sp³-hybridized carbons (Fsp3) is 0.368. The number of hydrogen-bond donors (Lipinski definition) is 2. The number of aliphatic carboxylic acids is 1. The summed E-state index contributed by atoms with van der Waals surface area (Å²) >= 11 is 0. The second-order valence-corrected chi connectivity index (χ2v) is 6.25. The molecule has 3 unspecified atom stereocenters. The predicted octanol–water partition coefficient (Wildman–Crippen LogP) is 3.29. The van der Waals surface area contributed by atoms with Crippen molar-refractivity contribution in [2.24, 2.45) is 11.8 Å². The molecule has 3 atom stereocenters. The van der Waals surface area contributed by atoms with E-state index in [4.69, 9.17) is 9.15 Å². The normalized spacial score (nSPS) is 21.0. The molecule has 0 saturated heterocycles. The Morgan fingerprint density at radius 2 is 2.00 bits per heavy atom. The van der Waals surface area contributed by atoms with E-state index in [0.717, 1.165) is 5.39 Å². The first-order chi connectivity index (χ1) is 12.0. The number of carboxylic acids is 1. The van der Waals surface area contributed by atoms with Crippen LogP contribution in [0.1, 0.15) is 31.6 Å². The molecule has 25 heavy (non-hydrogen) atoms. The van der Waals surface area contributed by atoms with Crippen molar-refractivity contribution in [2.45, 2.75) is 25.8 Å². The minimum absolute atomic E-state index is 0.267. The van der Waals surface area contributed by atoms with Gasteiger partial charge in [0.15, 0.2) is 11.3 Å². The van der Waals surface area contributed by atoms with Gasteiger partial charge in [0.1, 0.15) is 5.76 Å².